The Kier molecular flexibility index (Phi) is 3.33. The molecule has 0 bridgehead atoms. The number of aryl methyl sites for hydroxylation is 1. The summed E-state index contributed by atoms with van der Waals surface area (Å²) in [6.07, 6.45) is 1.81. The van der Waals surface area contributed by atoms with Crippen LogP contribution in [-0.4, -0.2) is 9.97 Å². The summed E-state index contributed by atoms with van der Waals surface area (Å²) in [5, 5.41) is 4.61. The fourth-order valence-electron chi connectivity index (χ4n) is 2.28. The summed E-state index contributed by atoms with van der Waals surface area (Å²) in [4.78, 5) is 9.08. The molecule has 0 aliphatic carbocycles. The largest absolute Gasteiger partial charge is 0.362 e. The molecule has 1 atom stereocenters. The Morgan fingerprint density at radius 2 is 1.85 bits per heavy atom. The van der Waals surface area contributed by atoms with E-state index in [1.54, 1.807) is 0 Å². The lowest BCUT2D eigenvalue weighted by atomic mass is 10.1. The third-order valence-electron chi connectivity index (χ3n) is 3.40. The second-order valence-corrected chi connectivity index (χ2v) is 4.97. The van der Waals surface area contributed by atoms with Gasteiger partial charge in [0, 0.05) is 11.6 Å². The van der Waals surface area contributed by atoms with Gasteiger partial charge in [0.1, 0.15) is 5.82 Å². The van der Waals surface area contributed by atoms with Crippen molar-refractivity contribution in [2.75, 3.05) is 5.32 Å². The van der Waals surface area contributed by atoms with E-state index in [1.165, 1.54) is 5.39 Å². The normalized spacial score (nSPS) is 12.3. The summed E-state index contributed by atoms with van der Waals surface area (Å²) in [7, 11) is 0. The molecule has 100 valence electrons. The number of para-hydroxylation sites is 1. The first-order chi connectivity index (χ1) is 9.74. The number of nitrogens with zero attached hydrogens (tertiary/aromatic N) is 2. The van der Waals surface area contributed by atoms with Crippen LogP contribution >= 0.6 is 0 Å². The molecule has 1 N–H and O–H groups in total. The zero-order chi connectivity index (χ0) is 13.9. The molecular weight excluding hydrogens is 246 g/mol. The van der Waals surface area contributed by atoms with E-state index >= 15 is 0 Å². The van der Waals surface area contributed by atoms with Crippen LogP contribution in [0.5, 0.6) is 0 Å². The lowest BCUT2D eigenvalue weighted by molar-refractivity contribution is 0.831. The molecule has 1 unspecified atom stereocenters. The van der Waals surface area contributed by atoms with Gasteiger partial charge in [-0.25, -0.2) is 4.98 Å². The van der Waals surface area contributed by atoms with Gasteiger partial charge in [0.15, 0.2) is 0 Å². The molecule has 20 heavy (non-hydrogen) atoms. The van der Waals surface area contributed by atoms with E-state index < -0.39 is 0 Å². The van der Waals surface area contributed by atoms with Gasteiger partial charge in [0.2, 0.25) is 0 Å². The fourth-order valence-corrected chi connectivity index (χ4v) is 2.28. The van der Waals surface area contributed by atoms with Gasteiger partial charge < -0.3 is 5.32 Å². The molecule has 0 aliphatic heterocycles. The van der Waals surface area contributed by atoms with E-state index in [0.29, 0.717) is 0 Å². The minimum atomic E-state index is 0.128. The summed E-state index contributed by atoms with van der Waals surface area (Å²) in [6, 6.07) is 16.4. The van der Waals surface area contributed by atoms with Gasteiger partial charge in [-0.1, -0.05) is 24.3 Å². The average Bonchev–Trinajstić information content (AvgIpc) is 2.49. The smallest absolute Gasteiger partial charge is 0.130 e. The molecule has 2 heterocycles. The quantitative estimate of drug-likeness (QED) is 0.772. The molecule has 0 aliphatic rings. The molecule has 3 heteroatoms. The van der Waals surface area contributed by atoms with Crippen molar-refractivity contribution in [1.82, 2.24) is 9.97 Å². The Hall–Kier alpha value is -2.42. The fraction of sp³-hybridized carbons (Fsp3) is 0.176. The Labute approximate surface area is 118 Å². The van der Waals surface area contributed by atoms with Gasteiger partial charge in [-0.2, -0.15) is 0 Å². The summed E-state index contributed by atoms with van der Waals surface area (Å²) in [5.74, 6) is 0.918. The van der Waals surface area contributed by atoms with E-state index in [9.17, 15) is 0 Å². The van der Waals surface area contributed by atoms with E-state index in [-0.39, 0.29) is 6.04 Å². The van der Waals surface area contributed by atoms with Crippen LogP contribution in [0.25, 0.3) is 10.9 Å². The maximum atomic E-state index is 4.70. The molecule has 0 amide bonds. The van der Waals surface area contributed by atoms with Crippen molar-refractivity contribution in [2.24, 2.45) is 0 Å². The van der Waals surface area contributed by atoms with Crippen LogP contribution < -0.4 is 5.32 Å². The summed E-state index contributed by atoms with van der Waals surface area (Å²) < 4.78 is 0. The maximum Gasteiger partial charge on any atom is 0.130 e. The summed E-state index contributed by atoms with van der Waals surface area (Å²) >= 11 is 0. The van der Waals surface area contributed by atoms with Gasteiger partial charge in [-0.05, 0) is 43.7 Å². The number of hydrogen-bond donors (Lipinski definition) is 1. The molecule has 1 aromatic carbocycles. The first-order valence-electron chi connectivity index (χ1n) is 6.78. The van der Waals surface area contributed by atoms with Crippen LogP contribution in [0.2, 0.25) is 0 Å². The summed E-state index contributed by atoms with van der Waals surface area (Å²) in [5.41, 5.74) is 3.17. The molecule has 0 fully saturated rings. The first kappa shape index (κ1) is 12.6. The third kappa shape index (κ3) is 2.48. The minimum absolute atomic E-state index is 0.128. The van der Waals surface area contributed by atoms with Crippen molar-refractivity contribution in [1.29, 1.82) is 0 Å². The van der Waals surface area contributed by atoms with Crippen LogP contribution in [-0.2, 0) is 0 Å². The first-order valence-corrected chi connectivity index (χ1v) is 6.78. The van der Waals surface area contributed by atoms with Crippen molar-refractivity contribution in [2.45, 2.75) is 19.9 Å². The predicted octanol–water partition coefficient (Wildman–Crippen LogP) is 4.11. The maximum absolute atomic E-state index is 4.70. The molecule has 3 nitrogen and oxygen atoms in total. The molecule has 0 saturated carbocycles. The lowest BCUT2D eigenvalue weighted by Gasteiger charge is -2.16. The van der Waals surface area contributed by atoms with E-state index in [0.717, 1.165) is 22.6 Å². The molecule has 3 rings (SSSR count). The molecular formula is C17H17N3. The SMILES string of the molecule is Cc1cc2ccccc2nc1NC(C)c1ccccn1. The van der Waals surface area contributed by atoms with E-state index in [1.807, 2.05) is 42.6 Å². The van der Waals surface area contributed by atoms with Crippen LogP contribution in [0.15, 0.2) is 54.7 Å². The number of nitrogens with one attached hydrogen (secondary N) is 1. The highest BCUT2D eigenvalue weighted by atomic mass is 15.0. The Bertz CT molecular complexity index is 723. The highest BCUT2D eigenvalue weighted by Gasteiger charge is 2.09. The second-order valence-electron chi connectivity index (χ2n) is 4.97. The average molecular weight is 263 g/mol. The lowest BCUT2D eigenvalue weighted by Crippen LogP contribution is -2.10. The van der Waals surface area contributed by atoms with Crippen molar-refractivity contribution >= 4 is 16.7 Å². The predicted molar refractivity (Wildman–Crippen MR) is 82.8 cm³/mol. The number of pyridine rings is 2. The van der Waals surface area contributed by atoms with Crippen molar-refractivity contribution in [3.05, 3.63) is 66.0 Å². The van der Waals surface area contributed by atoms with Crippen LogP contribution in [0.1, 0.15) is 24.2 Å². The van der Waals surface area contributed by atoms with E-state index in [2.05, 4.69) is 36.3 Å². The number of hydrogen-bond acceptors (Lipinski definition) is 3. The van der Waals surface area contributed by atoms with Crippen molar-refractivity contribution in [3.8, 4) is 0 Å². The van der Waals surface area contributed by atoms with Gasteiger partial charge in [-0.15, -0.1) is 0 Å². The molecule has 0 spiro atoms. The van der Waals surface area contributed by atoms with Crippen molar-refractivity contribution in [3.63, 3.8) is 0 Å². The number of fused-ring (bicyclic) bond motifs is 1. The van der Waals surface area contributed by atoms with Gasteiger partial charge in [0.25, 0.3) is 0 Å². The zero-order valence-corrected chi connectivity index (χ0v) is 11.7. The zero-order valence-electron chi connectivity index (χ0n) is 11.7. The van der Waals surface area contributed by atoms with Crippen molar-refractivity contribution < 1.29 is 0 Å². The Morgan fingerprint density at radius 1 is 1.05 bits per heavy atom. The monoisotopic (exact) mass is 263 g/mol. The topological polar surface area (TPSA) is 37.8 Å². The Morgan fingerprint density at radius 3 is 2.65 bits per heavy atom. The third-order valence-corrected chi connectivity index (χ3v) is 3.40. The van der Waals surface area contributed by atoms with Crippen LogP contribution in [0, 0.1) is 6.92 Å². The number of anilines is 1. The number of benzene rings is 1. The highest BCUT2D eigenvalue weighted by Crippen LogP contribution is 2.23. The molecule has 0 saturated heterocycles. The molecule has 3 aromatic rings. The minimum Gasteiger partial charge on any atom is -0.362 e. The number of rotatable bonds is 3. The highest BCUT2D eigenvalue weighted by molar-refractivity contribution is 5.81. The number of aromatic nitrogens is 2. The van der Waals surface area contributed by atoms with Crippen LogP contribution in [0.3, 0.4) is 0 Å². The standard InChI is InChI=1S/C17H17N3/c1-12-11-14-7-3-4-9-16(14)20-17(12)19-13(2)15-8-5-6-10-18-15/h3-11,13H,1-2H3,(H,19,20). The second kappa shape index (κ2) is 5.29. The van der Waals surface area contributed by atoms with Gasteiger partial charge in [-0.3, -0.25) is 4.98 Å². The Balaban J connectivity index is 1.92. The van der Waals surface area contributed by atoms with Gasteiger partial charge >= 0.3 is 0 Å². The molecule has 0 radical (unpaired) electrons. The molecule has 2 aromatic heterocycles. The van der Waals surface area contributed by atoms with Gasteiger partial charge in [0.05, 0.1) is 17.3 Å². The van der Waals surface area contributed by atoms with Crippen LogP contribution in [0.4, 0.5) is 5.82 Å². The summed E-state index contributed by atoms with van der Waals surface area (Å²) in [6.45, 7) is 4.17. The van der Waals surface area contributed by atoms with E-state index in [4.69, 9.17) is 4.98 Å².